The van der Waals surface area contributed by atoms with Crippen LogP contribution in [0.1, 0.15) is 12.8 Å². The van der Waals surface area contributed by atoms with E-state index in [-0.39, 0.29) is 0 Å². The second-order valence-corrected chi connectivity index (χ2v) is 4.02. The molecule has 0 aromatic carbocycles. The second kappa shape index (κ2) is 3.69. The Morgan fingerprint density at radius 2 is 2.41 bits per heavy atom. The fourth-order valence-corrected chi connectivity index (χ4v) is 2.26. The van der Waals surface area contributed by atoms with Crippen LogP contribution in [0.25, 0.3) is 11.0 Å². The first-order chi connectivity index (χ1) is 8.27. The van der Waals surface area contributed by atoms with E-state index in [0.29, 0.717) is 24.4 Å². The zero-order valence-corrected chi connectivity index (χ0v) is 9.00. The lowest BCUT2D eigenvalue weighted by Gasteiger charge is -2.22. The van der Waals surface area contributed by atoms with Gasteiger partial charge in [-0.3, -0.25) is 5.10 Å². The average Bonchev–Trinajstić information content (AvgIpc) is 2.97. The van der Waals surface area contributed by atoms with E-state index in [2.05, 4.69) is 20.2 Å². The number of fused-ring (bicyclic) bond motifs is 1. The van der Waals surface area contributed by atoms with Crippen molar-refractivity contribution < 1.29 is 9.90 Å². The Balaban J connectivity index is 2.08. The molecule has 0 amide bonds. The summed E-state index contributed by atoms with van der Waals surface area (Å²) in [6.07, 6.45) is 4.56. The highest BCUT2D eigenvalue weighted by molar-refractivity contribution is 5.89. The van der Waals surface area contributed by atoms with Crippen LogP contribution in [-0.2, 0) is 4.79 Å². The molecule has 88 valence electrons. The number of aliphatic carboxylic acids is 1. The van der Waals surface area contributed by atoms with Gasteiger partial charge in [0.15, 0.2) is 5.65 Å². The quantitative estimate of drug-likeness (QED) is 0.779. The topological polar surface area (TPSA) is 95.0 Å². The molecule has 0 unspecified atom stereocenters. The van der Waals surface area contributed by atoms with E-state index in [9.17, 15) is 4.79 Å². The molecule has 0 spiro atoms. The summed E-state index contributed by atoms with van der Waals surface area (Å²) < 4.78 is 0. The number of aromatic nitrogens is 4. The van der Waals surface area contributed by atoms with Gasteiger partial charge in [-0.05, 0) is 12.8 Å². The molecule has 0 aliphatic carbocycles. The minimum absolute atomic E-state index is 0.497. The number of nitrogens with one attached hydrogen (secondary N) is 1. The molecule has 1 saturated heterocycles. The number of hydrogen-bond donors (Lipinski definition) is 2. The number of H-pyrrole nitrogens is 1. The summed E-state index contributed by atoms with van der Waals surface area (Å²) in [6.45, 7) is 0.703. The van der Waals surface area contributed by atoms with Crippen LogP contribution in [0.3, 0.4) is 0 Å². The monoisotopic (exact) mass is 233 g/mol. The van der Waals surface area contributed by atoms with Crippen molar-refractivity contribution in [3.05, 3.63) is 12.5 Å². The van der Waals surface area contributed by atoms with Crippen LogP contribution in [0.5, 0.6) is 0 Å². The molecule has 3 heterocycles. The smallest absolute Gasteiger partial charge is 0.326 e. The van der Waals surface area contributed by atoms with Crippen molar-refractivity contribution >= 4 is 22.8 Å². The molecule has 17 heavy (non-hydrogen) atoms. The molecule has 0 radical (unpaired) electrons. The number of hydrogen-bond acceptors (Lipinski definition) is 5. The molecule has 2 aromatic heterocycles. The first kappa shape index (κ1) is 10.0. The third-order valence-corrected chi connectivity index (χ3v) is 3.04. The van der Waals surface area contributed by atoms with E-state index in [1.165, 1.54) is 6.33 Å². The third-order valence-electron chi connectivity index (χ3n) is 3.04. The van der Waals surface area contributed by atoms with Gasteiger partial charge in [0.2, 0.25) is 0 Å². The highest BCUT2D eigenvalue weighted by atomic mass is 16.4. The Morgan fingerprint density at radius 3 is 3.24 bits per heavy atom. The Hall–Kier alpha value is -2.18. The molecular weight excluding hydrogens is 222 g/mol. The molecule has 2 aromatic rings. The van der Waals surface area contributed by atoms with Crippen molar-refractivity contribution in [2.75, 3.05) is 11.4 Å². The zero-order valence-electron chi connectivity index (χ0n) is 9.00. The van der Waals surface area contributed by atoms with Crippen molar-refractivity contribution in [1.82, 2.24) is 20.2 Å². The number of nitrogens with zero attached hydrogens (tertiary/aromatic N) is 4. The lowest BCUT2D eigenvalue weighted by molar-refractivity contribution is -0.138. The summed E-state index contributed by atoms with van der Waals surface area (Å²) in [6, 6.07) is -0.497. The Morgan fingerprint density at radius 1 is 1.53 bits per heavy atom. The predicted molar refractivity (Wildman–Crippen MR) is 59.7 cm³/mol. The minimum Gasteiger partial charge on any atom is -0.480 e. The van der Waals surface area contributed by atoms with Gasteiger partial charge in [0.25, 0.3) is 0 Å². The number of carbonyl (C=O) groups is 1. The number of carboxylic acid groups (broad SMARTS) is 1. The van der Waals surface area contributed by atoms with E-state index in [0.717, 1.165) is 11.8 Å². The summed E-state index contributed by atoms with van der Waals surface area (Å²) >= 11 is 0. The molecular formula is C10H11N5O2. The maximum atomic E-state index is 11.2. The molecule has 0 bridgehead atoms. The lowest BCUT2D eigenvalue weighted by Crippen LogP contribution is -2.36. The zero-order chi connectivity index (χ0) is 11.8. The van der Waals surface area contributed by atoms with Gasteiger partial charge in [-0.1, -0.05) is 0 Å². The van der Waals surface area contributed by atoms with Crippen LogP contribution in [0.4, 0.5) is 5.82 Å². The molecule has 0 saturated carbocycles. The molecule has 1 atom stereocenters. The molecule has 1 fully saturated rings. The van der Waals surface area contributed by atoms with E-state index in [4.69, 9.17) is 5.11 Å². The lowest BCUT2D eigenvalue weighted by atomic mass is 10.2. The van der Waals surface area contributed by atoms with Crippen molar-refractivity contribution in [3.8, 4) is 0 Å². The summed E-state index contributed by atoms with van der Waals surface area (Å²) in [5.41, 5.74) is 0.631. The molecule has 3 rings (SSSR count). The average molecular weight is 233 g/mol. The van der Waals surface area contributed by atoms with Crippen molar-refractivity contribution in [3.63, 3.8) is 0 Å². The van der Waals surface area contributed by atoms with Gasteiger partial charge in [0.05, 0.1) is 11.6 Å². The normalized spacial score (nSPS) is 20.0. The number of rotatable bonds is 2. The minimum atomic E-state index is -0.808. The second-order valence-electron chi connectivity index (χ2n) is 4.02. The SMILES string of the molecule is O=C(O)[C@H]1CCCN1c1ncnc2[nH]ncc12. The van der Waals surface area contributed by atoms with E-state index < -0.39 is 12.0 Å². The predicted octanol–water partition coefficient (Wildman–Crippen LogP) is 0.406. The largest absolute Gasteiger partial charge is 0.480 e. The Kier molecular flexibility index (Phi) is 2.17. The number of aromatic amines is 1. The maximum Gasteiger partial charge on any atom is 0.326 e. The fourth-order valence-electron chi connectivity index (χ4n) is 2.26. The van der Waals surface area contributed by atoms with E-state index in [1.807, 2.05) is 4.90 Å². The van der Waals surface area contributed by atoms with Gasteiger partial charge in [-0.25, -0.2) is 14.8 Å². The van der Waals surface area contributed by atoms with E-state index >= 15 is 0 Å². The van der Waals surface area contributed by atoms with Gasteiger partial charge < -0.3 is 10.0 Å². The first-order valence-corrected chi connectivity index (χ1v) is 5.41. The van der Waals surface area contributed by atoms with Crippen LogP contribution in [0.15, 0.2) is 12.5 Å². The van der Waals surface area contributed by atoms with Crippen molar-refractivity contribution in [1.29, 1.82) is 0 Å². The van der Waals surface area contributed by atoms with Crippen LogP contribution in [0, 0.1) is 0 Å². The highest BCUT2D eigenvalue weighted by Gasteiger charge is 2.32. The summed E-state index contributed by atoms with van der Waals surface area (Å²) in [5.74, 6) is -0.161. The number of carboxylic acids is 1. The van der Waals surface area contributed by atoms with E-state index in [1.54, 1.807) is 6.20 Å². The third kappa shape index (κ3) is 1.50. The van der Waals surface area contributed by atoms with Crippen molar-refractivity contribution in [2.45, 2.75) is 18.9 Å². The summed E-state index contributed by atoms with van der Waals surface area (Å²) in [4.78, 5) is 21.2. The Bertz CT molecular complexity index is 567. The van der Waals surface area contributed by atoms with Crippen LogP contribution < -0.4 is 4.90 Å². The summed E-state index contributed by atoms with van der Waals surface area (Å²) in [5, 5.41) is 16.6. The van der Waals surface area contributed by atoms with Gasteiger partial charge in [-0.2, -0.15) is 5.10 Å². The van der Waals surface area contributed by atoms with Crippen LogP contribution in [0.2, 0.25) is 0 Å². The number of anilines is 1. The van der Waals surface area contributed by atoms with Gasteiger partial charge >= 0.3 is 5.97 Å². The first-order valence-electron chi connectivity index (χ1n) is 5.41. The van der Waals surface area contributed by atoms with Gasteiger partial charge in [0, 0.05) is 6.54 Å². The van der Waals surface area contributed by atoms with Crippen molar-refractivity contribution in [2.24, 2.45) is 0 Å². The molecule has 1 aliphatic rings. The molecule has 1 aliphatic heterocycles. The molecule has 7 nitrogen and oxygen atoms in total. The van der Waals surface area contributed by atoms with Crippen LogP contribution >= 0.6 is 0 Å². The molecule has 7 heteroatoms. The Labute approximate surface area is 96.5 Å². The van der Waals surface area contributed by atoms with Gasteiger partial charge in [-0.15, -0.1) is 0 Å². The highest BCUT2D eigenvalue weighted by Crippen LogP contribution is 2.28. The summed E-state index contributed by atoms with van der Waals surface area (Å²) in [7, 11) is 0. The standard InChI is InChI=1S/C10H11N5O2/c16-10(17)7-2-1-3-15(7)9-6-4-13-14-8(6)11-5-12-9/h4-5,7H,1-3H2,(H,16,17)(H,11,12,13,14)/t7-/m1/s1. The van der Waals surface area contributed by atoms with Gasteiger partial charge in [0.1, 0.15) is 18.2 Å². The fraction of sp³-hybridized carbons (Fsp3) is 0.400. The molecule has 2 N–H and O–H groups in total. The van der Waals surface area contributed by atoms with Crippen LogP contribution in [-0.4, -0.2) is 43.8 Å². The maximum absolute atomic E-state index is 11.2.